The molecule has 0 aromatic carbocycles. The molecule has 3 aliphatic rings. The smallest absolute Gasteiger partial charge is 0.408 e. The van der Waals surface area contributed by atoms with Crippen LogP contribution in [0.5, 0.6) is 0 Å². The van der Waals surface area contributed by atoms with Crippen LogP contribution in [0.3, 0.4) is 0 Å². The van der Waals surface area contributed by atoms with Gasteiger partial charge in [-0.1, -0.05) is 20.3 Å². The van der Waals surface area contributed by atoms with Gasteiger partial charge in [0, 0.05) is 19.0 Å². The van der Waals surface area contributed by atoms with E-state index in [-0.39, 0.29) is 47.8 Å². The van der Waals surface area contributed by atoms with Crippen LogP contribution in [0.15, 0.2) is 0 Å². The summed E-state index contributed by atoms with van der Waals surface area (Å²) in [7, 11) is 0. The van der Waals surface area contributed by atoms with Crippen LogP contribution in [0.1, 0.15) is 66.7 Å². The van der Waals surface area contributed by atoms with Crippen molar-refractivity contribution >= 4 is 30.1 Å². The Morgan fingerprint density at radius 1 is 1.17 bits per heavy atom. The Kier molecular flexibility index (Phi) is 8.43. The van der Waals surface area contributed by atoms with Gasteiger partial charge in [0.05, 0.1) is 6.04 Å². The molecule has 3 N–H and O–H groups in total. The summed E-state index contributed by atoms with van der Waals surface area (Å²) in [6.07, 6.45) is 3.61. The SMILES string of the molecule is CC(C)[C@H](NC(=O)OC(C)(C)C)C(=O)N1C[C@@H]2CCC[C@@H]2[C@H]1C(=O)N[C@H](C=O)C[C@@H]1CCNC1=O. The van der Waals surface area contributed by atoms with Gasteiger partial charge in [0.15, 0.2) is 0 Å². The molecule has 0 unspecified atom stereocenters. The molecule has 35 heavy (non-hydrogen) atoms. The van der Waals surface area contributed by atoms with Crippen LogP contribution in [0.4, 0.5) is 4.79 Å². The molecule has 0 aromatic rings. The van der Waals surface area contributed by atoms with Crippen molar-refractivity contribution < 1.29 is 28.7 Å². The van der Waals surface area contributed by atoms with E-state index in [2.05, 4.69) is 16.0 Å². The van der Waals surface area contributed by atoms with Crippen LogP contribution in [0.2, 0.25) is 0 Å². The Balaban J connectivity index is 1.74. The first-order valence-corrected chi connectivity index (χ1v) is 12.7. The molecule has 1 aliphatic carbocycles. The highest BCUT2D eigenvalue weighted by atomic mass is 16.6. The van der Waals surface area contributed by atoms with Gasteiger partial charge in [0.1, 0.15) is 24.0 Å². The van der Waals surface area contributed by atoms with Gasteiger partial charge in [-0.3, -0.25) is 14.4 Å². The second kappa shape index (κ2) is 11.0. The molecule has 0 spiro atoms. The molecule has 0 radical (unpaired) electrons. The topological polar surface area (TPSA) is 134 Å². The lowest BCUT2D eigenvalue weighted by Crippen LogP contribution is -2.57. The molecular weight excluding hydrogens is 452 g/mol. The third-order valence-electron chi connectivity index (χ3n) is 7.24. The standard InChI is InChI=1S/C25H40N4O6/c1-14(2)19(28-24(34)35-25(3,4)5)23(33)29-12-16-7-6-8-18(16)20(29)22(32)27-17(13-30)11-15-9-10-26-21(15)31/h13-20H,6-12H2,1-5H3,(H,26,31)(H,27,32)(H,28,34)/t15-,16-,17-,18-,19-,20-/m0/s1. The molecule has 10 heteroatoms. The van der Waals surface area contributed by atoms with Gasteiger partial charge >= 0.3 is 6.09 Å². The predicted octanol–water partition coefficient (Wildman–Crippen LogP) is 1.37. The van der Waals surface area contributed by atoms with E-state index < -0.39 is 29.8 Å². The first-order chi connectivity index (χ1) is 16.4. The van der Waals surface area contributed by atoms with Gasteiger partial charge in [0.2, 0.25) is 17.7 Å². The molecule has 3 fully saturated rings. The zero-order chi connectivity index (χ0) is 25.9. The number of fused-ring (bicyclic) bond motifs is 1. The van der Waals surface area contributed by atoms with Crippen molar-refractivity contribution in [3.8, 4) is 0 Å². The summed E-state index contributed by atoms with van der Waals surface area (Å²) in [6, 6.07) is -2.35. The van der Waals surface area contributed by atoms with Crippen molar-refractivity contribution in [1.82, 2.24) is 20.9 Å². The van der Waals surface area contributed by atoms with Crippen LogP contribution >= 0.6 is 0 Å². The van der Waals surface area contributed by atoms with Gasteiger partial charge < -0.3 is 30.4 Å². The van der Waals surface area contributed by atoms with E-state index in [1.54, 1.807) is 25.7 Å². The van der Waals surface area contributed by atoms with E-state index in [1.165, 1.54) is 0 Å². The normalized spacial score (nSPS) is 27.7. The van der Waals surface area contributed by atoms with Gasteiger partial charge in [-0.15, -0.1) is 0 Å². The summed E-state index contributed by atoms with van der Waals surface area (Å²) in [5, 5.41) is 8.24. The molecule has 0 bridgehead atoms. The maximum Gasteiger partial charge on any atom is 0.408 e. The number of aldehydes is 1. The van der Waals surface area contributed by atoms with E-state index in [9.17, 15) is 24.0 Å². The van der Waals surface area contributed by atoms with E-state index in [4.69, 9.17) is 4.74 Å². The summed E-state index contributed by atoms with van der Waals surface area (Å²) in [5.74, 6) is -1.11. The van der Waals surface area contributed by atoms with Crippen molar-refractivity contribution in [2.75, 3.05) is 13.1 Å². The Hall–Kier alpha value is -2.65. The van der Waals surface area contributed by atoms with Gasteiger partial charge in [-0.25, -0.2) is 4.79 Å². The third-order valence-corrected chi connectivity index (χ3v) is 7.24. The number of ether oxygens (including phenoxy) is 1. The largest absolute Gasteiger partial charge is 0.444 e. The highest BCUT2D eigenvalue weighted by molar-refractivity contribution is 5.93. The number of nitrogens with zero attached hydrogens (tertiary/aromatic N) is 1. The lowest BCUT2D eigenvalue weighted by Gasteiger charge is -2.33. The van der Waals surface area contributed by atoms with Gasteiger partial charge in [-0.05, 0) is 64.2 Å². The number of alkyl carbamates (subject to hydrolysis) is 1. The van der Waals surface area contributed by atoms with Crippen molar-refractivity contribution in [3.05, 3.63) is 0 Å². The number of carbonyl (C=O) groups is 5. The van der Waals surface area contributed by atoms with E-state index in [0.29, 0.717) is 25.8 Å². The summed E-state index contributed by atoms with van der Waals surface area (Å²) >= 11 is 0. The number of likely N-dealkylation sites (tertiary alicyclic amines) is 1. The first-order valence-electron chi connectivity index (χ1n) is 12.7. The maximum atomic E-state index is 13.7. The molecule has 0 aromatic heterocycles. The fraction of sp³-hybridized carbons (Fsp3) is 0.800. The lowest BCUT2D eigenvalue weighted by molar-refractivity contribution is -0.142. The Morgan fingerprint density at radius 3 is 2.46 bits per heavy atom. The first kappa shape index (κ1) is 26.9. The third kappa shape index (κ3) is 6.52. The van der Waals surface area contributed by atoms with Gasteiger partial charge in [0.25, 0.3) is 0 Å². The monoisotopic (exact) mass is 492 g/mol. The molecule has 10 nitrogen and oxygen atoms in total. The van der Waals surface area contributed by atoms with E-state index >= 15 is 0 Å². The number of carbonyl (C=O) groups excluding carboxylic acids is 5. The van der Waals surface area contributed by atoms with Crippen LogP contribution < -0.4 is 16.0 Å². The molecule has 2 aliphatic heterocycles. The Morgan fingerprint density at radius 2 is 1.89 bits per heavy atom. The highest BCUT2D eigenvalue weighted by Gasteiger charge is 2.51. The molecule has 2 heterocycles. The Bertz CT molecular complexity index is 838. The quantitative estimate of drug-likeness (QED) is 0.438. The minimum atomic E-state index is -0.844. The summed E-state index contributed by atoms with van der Waals surface area (Å²) in [4.78, 5) is 64.8. The Labute approximate surface area is 207 Å². The molecule has 6 atom stereocenters. The fourth-order valence-electron chi connectivity index (χ4n) is 5.59. The minimum Gasteiger partial charge on any atom is -0.444 e. The predicted molar refractivity (Wildman–Crippen MR) is 128 cm³/mol. The molecule has 1 saturated carbocycles. The fourth-order valence-corrected chi connectivity index (χ4v) is 5.59. The average molecular weight is 493 g/mol. The second-order valence-electron chi connectivity index (χ2n) is 11.4. The lowest BCUT2D eigenvalue weighted by atomic mass is 9.92. The number of nitrogens with one attached hydrogen (secondary N) is 3. The zero-order valence-electron chi connectivity index (χ0n) is 21.5. The zero-order valence-corrected chi connectivity index (χ0v) is 21.5. The van der Waals surface area contributed by atoms with Crippen LogP contribution in [-0.4, -0.2) is 71.8 Å². The summed E-state index contributed by atoms with van der Waals surface area (Å²) in [5.41, 5.74) is -0.707. The van der Waals surface area contributed by atoms with Crippen LogP contribution in [-0.2, 0) is 23.9 Å². The van der Waals surface area contributed by atoms with Crippen molar-refractivity contribution in [2.24, 2.45) is 23.7 Å². The van der Waals surface area contributed by atoms with E-state index in [0.717, 1.165) is 19.3 Å². The maximum absolute atomic E-state index is 13.7. The van der Waals surface area contributed by atoms with Crippen molar-refractivity contribution in [2.45, 2.75) is 90.4 Å². The molecule has 3 rings (SSSR count). The molecule has 4 amide bonds. The highest BCUT2D eigenvalue weighted by Crippen LogP contribution is 2.42. The average Bonchev–Trinajstić information content (AvgIpc) is 3.45. The van der Waals surface area contributed by atoms with Crippen molar-refractivity contribution in [1.29, 1.82) is 0 Å². The molecule has 196 valence electrons. The molecule has 2 saturated heterocycles. The van der Waals surface area contributed by atoms with Gasteiger partial charge in [-0.2, -0.15) is 0 Å². The second-order valence-corrected chi connectivity index (χ2v) is 11.4. The molecular formula is C25H40N4O6. The number of hydrogen-bond donors (Lipinski definition) is 3. The number of hydrogen-bond acceptors (Lipinski definition) is 6. The summed E-state index contributed by atoms with van der Waals surface area (Å²) in [6.45, 7) is 9.93. The van der Waals surface area contributed by atoms with Crippen LogP contribution in [0.25, 0.3) is 0 Å². The van der Waals surface area contributed by atoms with E-state index in [1.807, 2.05) is 13.8 Å². The van der Waals surface area contributed by atoms with Crippen molar-refractivity contribution in [3.63, 3.8) is 0 Å². The van der Waals surface area contributed by atoms with Crippen LogP contribution in [0, 0.1) is 23.7 Å². The minimum absolute atomic E-state index is 0.00960. The summed E-state index contributed by atoms with van der Waals surface area (Å²) < 4.78 is 5.35. The number of rotatable bonds is 8. The number of amides is 4.